The number of aromatic nitrogens is 2. The number of ether oxygens (including phenoxy) is 1. The zero-order chi connectivity index (χ0) is 27.7. The molecular weight excluding hydrogens is 558 g/mol. The third-order valence-electron chi connectivity index (χ3n) is 5.96. The highest BCUT2D eigenvalue weighted by Gasteiger charge is 2.33. The van der Waals surface area contributed by atoms with E-state index in [1.54, 1.807) is 6.20 Å². The molecule has 1 aliphatic rings. The molecule has 0 bridgehead atoms. The van der Waals surface area contributed by atoms with E-state index in [2.05, 4.69) is 47.2 Å². The molecule has 3 amide bonds. The zero-order valence-corrected chi connectivity index (χ0v) is 22.9. The first-order valence-corrected chi connectivity index (χ1v) is 13.0. The molecule has 2 heterocycles. The van der Waals surface area contributed by atoms with E-state index in [9.17, 15) is 19.2 Å². The second kappa shape index (κ2) is 13.2. The molecule has 3 rings (SSSR count). The molecule has 1 aliphatic heterocycles. The molecule has 1 unspecified atom stereocenters. The number of halogens is 1. The Bertz CT molecular complexity index is 1170. The number of esters is 1. The van der Waals surface area contributed by atoms with Gasteiger partial charge in [-0.3, -0.25) is 19.2 Å². The van der Waals surface area contributed by atoms with E-state index >= 15 is 0 Å². The molecule has 1 aromatic carbocycles. The van der Waals surface area contributed by atoms with E-state index in [0.29, 0.717) is 55.1 Å². The van der Waals surface area contributed by atoms with Crippen molar-refractivity contribution in [3.05, 3.63) is 40.5 Å². The predicted molar refractivity (Wildman–Crippen MR) is 144 cm³/mol. The van der Waals surface area contributed by atoms with E-state index in [1.807, 2.05) is 24.3 Å². The van der Waals surface area contributed by atoms with Crippen LogP contribution in [-0.2, 0) is 30.3 Å². The topological polar surface area (TPSA) is 177 Å². The van der Waals surface area contributed by atoms with Crippen LogP contribution in [-0.4, -0.2) is 59.4 Å². The molecule has 2 aromatic rings. The quantitative estimate of drug-likeness (QED) is 0.132. The minimum Gasteiger partial charge on any atom is -0.452 e. The van der Waals surface area contributed by atoms with Gasteiger partial charge in [-0.1, -0.05) is 12.1 Å². The Morgan fingerprint density at radius 1 is 1.13 bits per heavy atom. The average Bonchev–Trinajstić information content (AvgIpc) is 3.32. The molecule has 1 fully saturated rings. The second-order valence-corrected chi connectivity index (χ2v) is 10.2. The smallest absolute Gasteiger partial charge is 0.306 e. The van der Waals surface area contributed by atoms with Crippen LogP contribution in [0, 0.1) is 5.41 Å². The van der Waals surface area contributed by atoms with E-state index in [1.165, 1.54) is 13.8 Å². The fraction of sp³-hybridized carbons (Fsp3) is 0.440. The first-order chi connectivity index (χ1) is 18.1. The van der Waals surface area contributed by atoms with Gasteiger partial charge in [-0.05, 0) is 60.3 Å². The van der Waals surface area contributed by atoms with Gasteiger partial charge in [0.05, 0.1) is 4.47 Å². The van der Waals surface area contributed by atoms with Crippen molar-refractivity contribution < 1.29 is 23.9 Å². The summed E-state index contributed by atoms with van der Waals surface area (Å²) in [5.74, 6) is -0.691. The second-order valence-electron chi connectivity index (χ2n) is 9.30. The monoisotopic (exact) mass is 589 g/mol. The van der Waals surface area contributed by atoms with Crippen molar-refractivity contribution >= 4 is 57.1 Å². The molecular formula is C25H32BrN7O5. The summed E-state index contributed by atoms with van der Waals surface area (Å²) >= 11 is 3.43. The highest BCUT2D eigenvalue weighted by atomic mass is 79.9. The summed E-state index contributed by atoms with van der Waals surface area (Å²) in [7, 11) is 0. The highest BCUT2D eigenvalue weighted by Crippen LogP contribution is 2.22. The van der Waals surface area contributed by atoms with Crippen molar-refractivity contribution in [2.45, 2.75) is 45.6 Å². The van der Waals surface area contributed by atoms with Crippen LogP contribution >= 0.6 is 15.9 Å². The van der Waals surface area contributed by atoms with Gasteiger partial charge in [-0.2, -0.15) is 4.98 Å². The predicted octanol–water partition coefficient (Wildman–Crippen LogP) is 1.78. The molecule has 0 aliphatic carbocycles. The zero-order valence-electron chi connectivity index (χ0n) is 21.3. The van der Waals surface area contributed by atoms with Crippen LogP contribution in [0.2, 0.25) is 0 Å². The molecule has 1 atom stereocenters. The standard InChI is InChI=1S/C25H32BrN7O5/c1-25(2,22(27)36)23(37)30-12-3-11-28-20-17(26)14-31-24(33-20)32-16-6-4-15(5-7-16)10-13-29-21(35)18-8-9-19(34)38-18/h4-7,14,18H,3,8-13H2,1-2H3,(H2,27,36)(H,29,35)(H,30,37)(H2,28,31,32,33). The molecule has 1 aromatic heterocycles. The Balaban J connectivity index is 1.42. The van der Waals surface area contributed by atoms with Crippen LogP contribution < -0.4 is 27.0 Å². The maximum absolute atomic E-state index is 12.1. The van der Waals surface area contributed by atoms with Crippen molar-refractivity contribution in [1.82, 2.24) is 20.6 Å². The molecule has 0 saturated carbocycles. The number of primary amides is 1. The van der Waals surface area contributed by atoms with Gasteiger partial charge in [-0.15, -0.1) is 0 Å². The number of anilines is 3. The van der Waals surface area contributed by atoms with Crippen LogP contribution in [0.25, 0.3) is 0 Å². The number of carbonyl (C=O) groups excluding carboxylic acids is 4. The summed E-state index contributed by atoms with van der Waals surface area (Å²) in [4.78, 5) is 55.4. The Morgan fingerprint density at radius 2 is 1.87 bits per heavy atom. The molecule has 13 heteroatoms. The third kappa shape index (κ3) is 8.13. The molecule has 38 heavy (non-hydrogen) atoms. The Kier molecular flexibility index (Phi) is 9.99. The summed E-state index contributed by atoms with van der Waals surface area (Å²) in [6.07, 6.45) is 2.90. The summed E-state index contributed by atoms with van der Waals surface area (Å²) in [6, 6.07) is 7.67. The van der Waals surface area contributed by atoms with Gasteiger partial charge < -0.3 is 31.7 Å². The number of rotatable bonds is 13. The summed E-state index contributed by atoms with van der Waals surface area (Å²) in [5.41, 5.74) is 5.83. The number of nitrogens with one attached hydrogen (secondary N) is 4. The van der Waals surface area contributed by atoms with Gasteiger partial charge in [0.2, 0.25) is 17.8 Å². The maximum atomic E-state index is 12.1. The minimum atomic E-state index is -1.26. The largest absolute Gasteiger partial charge is 0.452 e. The summed E-state index contributed by atoms with van der Waals surface area (Å²) < 4.78 is 5.65. The lowest BCUT2D eigenvalue weighted by Gasteiger charge is -2.19. The van der Waals surface area contributed by atoms with E-state index < -0.39 is 23.3 Å². The maximum Gasteiger partial charge on any atom is 0.306 e. The van der Waals surface area contributed by atoms with Crippen molar-refractivity contribution in [1.29, 1.82) is 0 Å². The first-order valence-electron chi connectivity index (χ1n) is 12.2. The summed E-state index contributed by atoms with van der Waals surface area (Å²) in [5, 5.41) is 11.9. The number of nitrogens with zero attached hydrogens (tertiary/aromatic N) is 2. The van der Waals surface area contributed by atoms with Crippen LogP contribution in [0.15, 0.2) is 34.9 Å². The lowest BCUT2D eigenvalue weighted by Crippen LogP contribution is -2.46. The highest BCUT2D eigenvalue weighted by molar-refractivity contribution is 9.10. The number of cyclic esters (lactones) is 1. The van der Waals surface area contributed by atoms with Crippen LogP contribution in [0.4, 0.5) is 17.5 Å². The Hall–Kier alpha value is -3.74. The first kappa shape index (κ1) is 28.8. The fourth-order valence-electron chi connectivity index (χ4n) is 3.42. The van der Waals surface area contributed by atoms with Gasteiger partial charge in [-0.25, -0.2) is 4.98 Å². The van der Waals surface area contributed by atoms with Crippen LogP contribution in [0.5, 0.6) is 0 Å². The molecule has 0 radical (unpaired) electrons. The van der Waals surface area contributed by atoms with E-state index in [-0.39, 0.29) is 18.3 Å². The lowest BCUT2D eigenvalue weighted by molar-refractivity contribution is -0.148. The number of carbonyl (C=O) groups is 4. The van der Waals surface area contributed by atoms with E-state index in [0.717, 1.165) is 11.3 Å². The number of hydrogen-bond donors (Lipinski definition) is 5. The Morgan fingerprint density at radius 3 is 2.53 bits per heavy atom. The SMILES string of the molecule is CC(C)(C(N)=O)C(=O)NCCCNc1nc(Nc2ccc(CCNC(=O)C3CCC(=O)O3)cc2)ncc1Br. The van der Waals surface area contributed by atoms with Gasteiger partial charge in [0, 0.05) is 44.4 Å². The lowest BCUT2D eigenvalue weighted by atomic mass is 9.91. The van der Waals surface area contributed by atoms with Crippen molar-refractivity contribution in [2.24, 2.45) is 11.1 Å². The van der Waals surface area contributed by atoms with E-state index in [4.69, 9.17) is 10.5 Å². The van der Waals surface area contributed by atoms with Gasteiger partial charge >= 0.3 is 5.97 Å². The molecule has 6 N–H and O–H groups in total. The molecule has 0 spiro atoms. The van der Waals surface area contributed by atoms with Crippen LogP contribution in [0.3, 0.4) is 0 Å². The normalized spacial score (nSPS) is 14.9. The third-order valence-corrected chi connectivity index (χ3v) is 6.54. The van der Waals surface area contributed by atoms with Gasteiger partial charge in [0.15, 0.2) is 6.10 Å². The molecule has 12 nitrogen and oxygen atoms in total. The number of hydrogen-bond acceptors (Lipinski definition) is 9. The average molecular weight is 590 g/mol. The van der Waals surface area contributed by atoms with Crippen LogP contribution in [0.1, 0.15) is 38.7 Å². The number of nitrogens with two attached hydrogens (primary N) is 1. The summed E-state index contributed by atoms with van der Waals surface area (Å²) in [6.45, 7) is 4.32. The fourth-order valence-corrected chi connectivity index (χ4v) is 3.75. The minimum absolute atomic E-state index is 0.261. The van der Waals surface area contributed by atoms with Crippen molar-refractivity contribution in [3.8, 4) is 0 Å². The number of amides is 3. The number of benzene rings is 1. The van der Waals surface area contributed by atoms with Gasteiger partial charge in [0.25, 0.3) is 5.91 Å². The molecule has 1 saturated heterocycles. The molecule has 204 valence electrons. The van der Waals surface area contributed by atoms with Crippen molar-refractivity contribution in [3.63, 3.8) is 0 Å². The van der Waals surface area contributed by atoms with Gasteiger partial charge in [0.1, 0.15) is 11.2 Å². The Labute approximate surface area is 229 Å². The van der Waals surface area contributed by atoms with Crippen molar-refractivity contribution in [2.75, 3.05) is 30.3 Å².